The number of nitrogens with zero attached hydrogens (tertiary/aromatic N) is 2. The number of rotatable bonds is 5. The smallest absolute Gasteiger partial charge is 0.319 e. The molecule has 1 aromatic carbocycles. The number of hydrogen-bond acceptors (Lipinski definition) is 3. The van der Waals surface area contributed by atoms with Crippen molar-refractivity contribution >= 4 is 11.7 Å². The Morgan fingerprint density at radius 2 is 2.16 bits per heavy atom. The fourth-order valence-corrected chi connectivity index (χ4v) is 3.44. The molecule has 0 bridgehead atoms. The number of benzene rings is 1. The van der Waals surface area contributed by atoms with Gasteiger partial charge in [-0.1, -0.05) is 45.0 Å². The van der Waals surface area contributed by atoms with Crippen molar-refractivity contribution in [2.75, 3.05) is 5.32 Å². The molecule has 1 aliphatic rings. The molecule has 0 saturated heterocycles. The van der Waals surface area contributed by atoms with Gasteiger partial charge in [0.15, 0.2) is 0 Å². The maximum absolute atomic E-state index is 12.5. The highest BCUT2D eigenvalue weighted by Gasteiger charge is 2.32. The summed E-state index contributed by atoms with van der Waals surface area (Å²) in [5, 5.41) is 20.4. The van der Waals surface area contributed by atoms with Crippen LogP contribution in [-0.4, -0.2) is 27.0 Å². The lowest BCUT2D eigenvalue weighted by atomic mass is 10.1. The van der Waals surface area contributed by atoms with Crippen LogP contribution in [0.15, 0.2) is 30.5 Å². The van der Waals surface area contributed by atoms with Gasteiger partial charge in [0.25, 0.3) is 0 Å². The molecule has 1 aliphatic carbocycles. The van der Waals surface area contributed by atoms with E-state index in [1.807, 2.05) is 35.9 Å². The summed E-state index contributed by atoms with van der Waals surface area (Å²) in [6.45, 7) is 7.15. The number of fused-ring (bicyclic) bond motifs is 1. The average Bonchev–Trinajstić information content (AvgIpc) is 3.08. The SMILES string of the molecule is CCc1c(NC(=O)N[C@@H]2c3ccccc3C[C@@H]2O)cnn1CC(C)C. The zero-order valence-electron chi connectivity index (χ0n) is 15.0. The van der Waals surface area contributed by atoms with Crippen molar-refractivity contribution in [2.45, 2.75) is 52.3 Å². The summed E-state index contributed by atoms with van der Waals surface area (Å²) in [7, 11) is 0. The number of nitrogens with one attached hydrogen (secondary N) is 2. The van der Waals surface area contributed by atoms with E-state index < -0.39 is 6.10 Å². The van der Waals surface area contributed by atoms with Gasteiger partial charge in [0.1, 0.15) is 0 Å². The second-order valence-electron chi connectivity index (χ2n) is 6.98. The molecule has 3 N–H and O–H groups in total. The number of aromatic nitrogens is 2. The van der Waals surface area contributed by atoms with Gasteiger partial charge in [-0.25, -0.2) is 4.79 Å². The quantitative estimate of drug-likeness (QED) is 0.782. The van der Waals surface area contributed by atoms with Crippen molar-refractivity contribution < 1.29 is 9.90 Å². The average molecular weight is 342 g/mol. The minimum Gasteiger partial charge on any atom is -0.390 e. The van der Waals surface area contributed by atoms with Gasteiger partial charge in [-0.3, -0.25) is 4.68 Å². The molecule has 2 aromatic rings. The first-order valence-electron chi connectivity index (χ1n) is 8.87. The lowest BCUT2D eigenvalue weighted by molar-refractivity contribution is 0.144. The number of amides is 2. The number of carbonyl (C=O) groups excluding carboxylic acids is 1. The van der Waals surface area contributed by atoms with Crippen molar-refractivity contribution in [3.8, 4) is 0 Å². The predicted octanol–water partition coefficient (Wildman–Crippen LogP) is 2.88. The van der Waals surface area contributed by atoms with Crippen molar-refractivity contribution in [3.05, 3.63) is 47.3 Å². The molecule has 0 aliphatic heterocycles. The van der Waals surface area contributed by atoms with E-state index in [2.05, 4.69) is 29.6 Å². The summed E-state index contributed by atoms with van der Waals surface area (Å²) in [6, 6.07) is 7.11. The normalized spacial score (nSPS) is 19.1. The highest BCUT2D eigenvalue weighted by atomic mass is 16.3. The van der Waals surface area contributed by atoms with Crippen LogP contribution in [0.5, 0.6) is 0 Å². The Kier molecular flexibility index (Phi) is 5.08. The maximum atomic E-state index is 12.5. The van der Waals surface area contributed by atoms with Crippen molar-refractivity contribution in [1.29, 1.82) is 0 Å². The van der Waals surface area contributed by atoms with Crippen LogP contribution in [0.25, 0.3) is 0 Å². The van der Waals surface area contributed by atoms with E-state index in [0.717, 1.165) is 35.5 Å². The van der Waals surface area contributed by atoms with E-state index in [9.17, 15) is 9.90 Å². The first-order valence-corrected chi connectivity index (χ1v) is 8.87. The highest BCUT2D eigenvalue weighted by molar-refractivity contribution is 5.90. The Balaban J connectivity index is 1.70. The standard InChI is InChI=1S/C19H26N4O2/c1-4-16-15(10-20-23(16)11-12(2)3)21-19(25)22-18-14-8-6-5-7-13(14)9-17(18)24/h5-8,10,12,17-18,24H,4,9,11H2,1-3H3,(H2,21,22,25)/t17-,18+/m0/s1. The molecule has 1 heterocycles. The fourth-order valence-electron chi connectivity index (χ4n) is 3.44. The zero-order valence-corrected chi connectivity index (χ0v) is 15.0. The van der Waals surface area contributed by atoms with E-state index in [1.54, 1.807) is 6.20 Å². The minimum atomic E-state index is -0.600. The molecule has 25 heavy (non-hydrogen) atoms. The van der Waals surface area contributed by atoms with E-state index >= 15 is 0 Å². The van der Waals surface area contributed by atoms with Gasteiger partial charge in [-0.05, 0) is 23.5 Å². The van der Waals surface area contributed by atoms with E-state index in [0.29, 0.717) is 12.3 Å². The molecule has 0 unspecified atom stereocenters. The Labute approximate surface area is 148 Å². The third-order valence-corrected chi connectivity index (χ3v) is 4.56. The largest absolute Gasteiger partial charge is 0.390 e. The van der Waals surface area contributed by atoms with Crippen LogP contribution in [0.1, 0.15) is 43.6 Å². The van der Waals surface area contributed by atoms with Crippen LogP contribution in [0, 0.1) is 5.92 Å². The van der Waals surface area contributed by atoms with Gasteiger partial charge in [-0.15, -0.1) is 0 Å². The number of hydrogen-bond donors (Lipinski definition) is 3. The van der Waals surface area contributed by atoms with Gasteiger partial charge >= 0.3 is 6.03 Å². The third kappa shape index (κ3) is 3.69. The molecule has 0 spiro atoms. The summed E-state index contributed by atoms with van der Waals surface area (Å²) in [4.78, 5) is 12.5. The van der Waals surface area contributed by atoms with Crippen LogP contribution in [0.2, 0.25) is 0 Å². The van der Waals surface area contributed by atoms with E-state index in [1.165, 1.54) is 0 Å². The second-order valence-corrected chi connectivity index (χ2v) is 6.98. The number of aliphatic hydroxyl groups excluding tert-OH is 1. The summed E-state index contributed by atoms with van der Waals surface area (Å²) in [5.41, 5.74) is 3.80. The first-order chi connectivity index (χ1) is 12.0. The Bertz CT molecular complexity index is 754. The minimum absolute atomic E-state index is 0.320. The molecule has 6 nitrogen and oxygen atoms in total. The molecule has 0 fully saturated rings. The zero-order chi connectivity index (χ0) is 18.0. The number of carbonyl (C=O) groups is 1. The molecule has 0 radical (unpaired) electrons. The third-order valence-electron chi connectivity index (χ3n) is 4.56. The number of urea groups is 1. The first kappa shape index (κ1) is 17.5. The Hall–Kier alpha value is -2.34. The Morgan fingerprint density at radius 3 is 2.88 bits per heavy atom. The van der Waals surface area contributed by atoms with Gasteiger partial charge in [0, 0.05) is 13.0 Å². The van der Waals surface area contributed by atoms with Crippen LogP contribution in [0.3, 0.4) is 0 Å². The highest BCUT2D eigenvalue weighted by Crippen LogP contribution is 2.31. The predicted molar refractivity (Wildman–Crippen MR) is 97.5 cm³/mol. The molecule has 134 valence electrons. The molecule has 2 atom stereocenters. The summed E-state index contributed by atoms with van der Waals surface area (Å²) < 4.78 is 1.94. The molecular formula is C19H26N4O2. The summed E-state index contributed by atoms with van der Waals surface area (Å²) in [6.07, 6.45) is 2.45. The van der Waals surface area contributed by atoms with Gasteiger partial charge < -0.3 is 15.7 Å². The topological polar surface area (TPSA) is 79.2 Å². The van der Waals surface area contributed by atoms with Crippen LogP contribution < -0.4 is 10.6 Å². The van der Waals surface area contributed by atoms with Crippen LogP contribution in [0.4, 0.5) is 10.5 Å². The second kappa shape index (κ2) is 7.27. The number of anilines is 1. The van der Waals surface area contributed by atoms with Crippen LogP contribution in [-0.2, 0) is 19.4 Å². The van der Waals surface area contributed by atoms with Crippen molar-refractivity contribution in [3.63, 3.8) is 0 Å². The number of aliphatic hydroxyl groups is 1. The fraction of sp³-hybridized carbons (Fsp3) is 0.474. The molecule has 1 aromatic heterocycles. The van der Waals surface area contributed by atoms with Gasteiger partial charge in [-0.2, -0.15) is 5.10 Å². The monoisotopic (exact) mass is 342 g/mol. The van der Waals surface area contributed by atoms with Crippen molar-refractivity contribution in [2.24, 2.45) is 5.92 Å². The molecule has 0 saturated carbocycles. The van der Waals surface area contributed by atoms with E-state index in [-0.39, 0.29) is 12.1 Å². The van der Waals surface area contributed by atoms with Gasteiger partial charge in [0.05, 0.1) is 29.7 Å². The molecule has 3 rings (SSSR count). The summed E-state index contributed by atoms with van der Waals surface area (Å²) in [5.74, 6) is 0.483. The summed E-state index contributed by atoms with van der Waals surface area (Å²) >= 11 is 0. The maximum Gasteiger partial charge on any atom is 0.319 e. The Morgan fingerprint density at radius 1 is 1.40 bits per heavy atom. The van der Waals surface area contributed by atoms with Crippen LogP contribution >= 0.6 is 0 Å². The van der Waals surface area contributed by atoms with E-state index in [4.69, 9.17) is 0 Å². The van der Waals surface area contributed by atoms with Crippen molar-refractivity contribution in [1.82, 2.24) is 15.1 Å². The molecular weight excluding hydrogens is 316 g/mol. The molecule has 6 heteroatoms. The lowest BCUT2D eigenvalue weighted by Gasteiger charge is -2.18. The molecule has 2 amide bonds. The van der Waals surface area contributed by atoms with Gasteiger partial charge in [0.2, 0.25) is 0 Å². The lowest BCUT2D eigenvalue weighted by Crippen LogP contribution is -2.37.